The van der Waals surface area contributed by atoms with Gasteiger partial charge in [-0.3, -0.25) is 4.79 Å². The van der Waals surface area contributed by atoms with E-state index in [4.69, 9.17) is 9.47 Å². The number of ether oxygens (including phenoxy) is 2. The highest BCUT2D eigenvalue weighted by atomic mass is 16.5. The molecule has 3 heteroatoms. The lowest BCUT2D eigenvalue weighted by Gasteiger charge is -2.07. The third kappa shape index (κ3) is 1.45. The molecule has 0 amide bonds. The van der Waals surface area contributed by atoms with Crippen LogP contribution in [0, 0.1) is 0 Å². The van der Waals surface area contributed by atoms with E-state index in [0.29, 0.717) is 24.5 Å². The van der Waals surface area contributed by atoms with Gasteiger partial charge >= 0.3 is 0 Å². The van der Waals surface area contributed by atoms with E-state index in [0.717, 1.165) is 24.0 Å². The molecule has 1 heterocycles. The van der Waals surface area contributed by atoms with Gasteiger partial charge in [0, 0.05) is 12.0 Å². The summed E-state index contributed by atoms with van der Waals surface area (Å²) in [6, 6.07) is 3.65. The van der Waals surface area contributed by atoms with Gasteiger partial charge in [0.15, 0.2) is 6.29 Å². The molecule has 3 nitrogen and oxygen atoms in total. The molecule has 1 aliphatic rings. The van der Waals surface area contributed by atoms with Crippen molar-refractivity contribution >= 4 is 6.29 Å². The Bertz CT molecular complexity index is 358. The monoisotopic (exact) mass is 192 g/mol. The first-order valence-corrected chi connectivity index (χ1v) is 4.73. The molecular weight excluding hydrogens is 180 g/mol. The number of benzene rings is 1. The average molecular weight is 192 g/mol. The van der Waals surface area contributed by atoms with Crippen molar-refractivity contribution in [2.24, 2.45) is 0 Å². The number of aldehydes is 1. The van der Waals surface area contributed by atoms with Crippen molar-refractivity contribution < 1.29 is 14.3 Å². The number of hydrogen-bond donors (Lipinski definition) is 0. The van der Waals surface area contributed by atoms with Crippen molar-refractivity contribution in [1.29, 1.82) is 0 Å². The third-order valence-corrected chi connectivity index (χ3v) is 2.25. The van der Waals surface area contributed by atoms with E-state index in [-0.39, 0.29) is 0 Å². The zero-order valence-corrected chi connectivity index (χ0v) is 8.08. The molecule has 0 aromatic heterocycles. The summed E-state index contributed by atoms with van der Waals surface area (Å²) in [5.41, 5.74) is 1.69. The fourth-order valence-electron chi connectivity index (χ4n) is 1.59. The van der Waals surface area contributed by atoms with Gasteiger partial charge in [0.05, 0.1) is 18.8 Å². The Morgan fingerprint density at radius 1 is 1.57 bits per heavy atom. The minimum Gasteiger partial charge on any atom is -0.493 e. The first kappa shape index (κ1) is 9.06. The molecule has 0 aliphatic carbocycles. The van der Waals surface area contributed by atoms with Crippen molar-refractivity contribution in [3.8, 4) is 11.5 Å². The molecular formula is C11H12O3. The predicted molar refractivity (Wildman–Crippen MR) is 52.2 cm³/mol. The van der Waals surface area contributed by atoms with Crippen LogP contribution in [0.4, 0.5) is 0 Å². The molecule has 0 atom stereocenters. The van der Waals surface area contributed by atoms with Gasteiger partial charge in [0.2, 0.25) is 0 Å². The van der Waals surface area contributed by atoms with E-state index < -0.39 is 0 Å². The van der Waals surface area contributed by atoms with Crippen LogP contribution in [0.5, 0.6) is 11.5 Å². The molecule has 1 aromatic carbocycles. The van der Waals surface area contributed by atoms with Gasteiger partial charge in [-0.15, -0.1) is 0 Å². The zero-order chi connectivity index (χ0) is 9.97. The van der Waals surface area contributed by atoms with Gasteiger partial charge in [0.1, 0.15) is 11.5 Å². The summed E-state index contributed by atoms with van der Waals surface area (Å²) in [5.74, 6) is 1.47. The van der Waals surface area contributed by atoms with E-state index >= 15 is 0 Å². The standard InChI is InChI=1S/C11H12O3/c1-2-13-11-5-8-3-4-14-10(8)6-9(11)7-12/h5-7H,2-4H2,1H3. The van der Waals surface area contributed by atoms with E-state index in [1.807, 2.05) is 13.0 Å². The molecule has 0 N–H and O–H groups in total. The molecule has 0 spiro atoms. The van der Waals surface area contributed by atoms with Crippen LogP contribution < -0.4 is 9.47 Å². The predicted octanol–water partition coefficient (Wildman–Crippen LogP) is 1.83. The maximum Gasteiger partial charge on any atom is 0.153 e. The lowest BCUT2D eigenvalue weighted by Crippen LogP contribution is -1.96. The van der Waals surface area contributed by atoms with Crippen LogP contribution in [-0.4, -0.2) is 19.5 Å². The Kier molecular flexibility index (Phi) is 2.39. The Hall–Kier alpha value is -1.51. The summed E-state index contributed by atoms with van der Waals surface area (Å²) >= 11 is 0. The molecule has 2 rings (SSSR count). The molecule has 0 saturated heterocycles. The molecule has 1 aliphatic heterocycles. The SMILES string of the molecule is CCOc1cc2c(cc1C=O)OCC2. The van der Waals surface area contributed by atoms with Gasteiger partial charge < -0.3 is 9.47 Å². The van der Waals surface area contributed by atoms with Crippen LogP contribution in [0.3, 0.4) is 0 Å². The quantitative estimate of drug-likeness (QED) is 0.685. The summed E-state index contributed by atoms with van der Waals surface area (Å²) in [6.07, 6.45) is 1.70. The minimum absolute atomic E-state index is 0.562. The van der Waals surface area contributed by atoms with Crippen LogP contribution in [-0.2, 0) is 6.42 Å². The highest BCUT2D eigenvalue weighted by Gasteiger charge is 2.16. The Morgan fingerprint density at radius 3 is 3.14 bits per heavy atom. The summed E-state index contributed by atoms with van der Waals surface area (Å²) in [4.78, 5) is 10.8. The molecule has 1 aromatic rings. The van der Waals surface area contributed by atoms with Crippen molar-refractivity contribution in [2.75, 3.05) is 13.2 Å². The number of hydrogen-bond acceptors (Lipinski definition) is 3. The van der Waals surface area contributed by atoms with Crippen LogP contribution in [0.1, 0.15) is 22.8 Å². The van der Waals surface area contributed by atoms with Crippen LogP contribution in [0.2, 0.25) is 0 Å². The Labute approximate surface area is 82.6 Å². The van der Waals surface area contributed by atoms with Gasteiger partial charge in [-0.2, -0.15) is 0 Å². The lowest BCUT2D eigenvalue weighted by atomic mass is 10.1. The van der Waals surface area contributed by atoms with Crippen LogP contribution in [0.15, 0.2) is 12.1 Å². The van der Waals surface area contributed by atoms with Gasteiger partial charge in [-0.1, -0.05) is 0 Å². The molecule has 0 radical (unpaired) electrons. The minimum atomic E-state index is 0.562. The lowest BCUT2D eigenvalue weighted by molar-refractivity contribution is 0.111. The molecule has 14 heavy (non-hydrogen) atoms. The first-order valence-electron chi connectivity index (χ1n) is 4.73. The Balaban J connectivity index is 2.43. The number of rotatable bonds is 3. The third-order valence-electron chi connectivity index (χ3n) is 2.25. The van der Waals surface area contributed by atoms with Gasteiger partial charge in [-0.25, -0.2) is 0 Å². The van der Waals surface area contributed by atoms with Crippen molar-refractivity contribution in [3.05, 3.63) is 23.3 Å². The molecule has 0 unspecified atom stereocenters. The second-order valence-corrected chi connectivity index (χ2v) is 3.15. The van der Waals surface area contributed by atoms with Crippen molar-refractivity contribution in [2.45, 2.75) is 13.3 Å². The normalized spacial score (nSPS) is 13.2. The number of carbonyl (C=O) groups excluding carboxylic acids is 1. The summed E-state index contributed by atoms with van der Waals surface area (Å²) in [5, 5.41) is 0. The maximum absolute atomic E-state index is 10.8. The van der Waals surface area contributed by atoms with Crippen LogP contribution in [0.25, 0.3) is 0 Å². The molecule has 0 saturated carbocycles. The van der Waals surface area contributed by atoms with E-state index in [1.54, 1.807) is 6.07 Å². The highest BCUT2D eigenvalue weighted by Crippen LogP contribution is 2.31. The van der Waals surface area contributed by atoms with E-state index in [9.17, 15) is 4.79 Å². The molecule has 0 fully saturated rings. The summed E-state index contributed by atoms with van der Waals surface area (Å²) < 4.78 is 10.7. The van der Waals surface area contributed by atoms with Crippen LogP contribution >= 0.6 is 0 Å². The number of carbonyl (C=O) groups is 1. The molecule has 74 valence electrons. The Morgan fingerprint density at radius 2 is 2.43 bits per heavy atom. The average Bonchev–Trinajstić information content (AvgIpc) is 2.64. The smallest absolute Gasteiger partial charge is 0.153 e. The number of fused-ring (bicyclic) bond motifs is 1. The maximum atomic E-state index is 10.8. The highest BCUT2D eigenvalue weighted by molar-refractivity contribution is 5.80. The topological polar surface area (TPSA) is 35.5 Å². The van der Waals surface area contributed by atoms with Gasteiger partial charge in [0.25, 0.3) is 0 Å². The van der Waals surface area contributed by atoms with E-state index in [1.165, 1.54) is 0 Å². The fraction of sp³-hybridized carbons (Fsp3) is 0.364. The van der Waals surface area contributed by atoms with Gasteiger partial charge in [-0.05, 0) is 19.1 Å². The second kappa shape index (κ2) is 3.70. The summed E-state index contributed by atoms with van der Waals surface area (Å²) in [6.45, 7) is 3.17. The van der Waals surface area contributed by atoms with Crippen molar-refractivity contribution in [1.82, 2.24) is 0 Å². The largest absolute Gasteiger partial charge is 0.493 e. The fourth-order valence-corrected chi connectivity index (χ4v) is 1.59. The first-order chi connectivity index (χ1) is 6.85. The van der Waals surface area contributed by atoms with Crippen molar-refractivity contribution in [3.63, 3.8) is 0 Å². The van der Waals surface area contributed by atoms with E-state index in [2.05, 4.69) is 0 Å². The zero-order valence-electron chi connectivity index (χ0n) is 8.08. The summed E-state index contributed by atoms with van der Waals surface area (Å²) in [7, 11) is 0. The second-order valence-electron chi connectivity index (χ2n) is 3.15. The molecule has 0 bridgehead atoms.